The summed E-state index contributed by atoms with van der Waals surface area (Å²) in [4.78, 5) is 22.4. The van der Waals surface area contributed by atoms with Crippen molar-refractivity contribution in [3.8, 4) is 11.5 Å². The number of methoxy groups -OCH3 is 2. The van der Waals surface area contributed by atoms with Crippen LogP contribution in [0.25, 0.3) is 11.6 Å². The topological polar surface area (TPSA) is 95.6 Å². The van der Waals surface area contributed by atoms with Crippen molar-refractivity contribution in [2.75, 3.05) is 57.2 Å². The minimum Gasteiger partial charge on any atom is -0.495 e. The van der Waals surface area contributed by atoms with E-state index < -0.39 is 0 Å². The van der Waals surface area contributed by atoms with Gasteiger partial charge in [-0.05, 0) is 50.6 Å². The second kappa shape index (κ2) is 14.1. The number of likely N-dealkylation sites (N-methyl/N-ethyl adjacent to an activating group) is 1. The molecule has 11 heteroatoms. The first-order chi connectivity index (χ1) is 20.2. The molecule has 0 saturated carbocycles. The molecule has 3 aromatic rings. The van der Waals surface area contributed by atoms with Crippen LogP contribution in [0.2, 0.25) is 10.0 Å². The Hall–Kier alpha value is -3.53. The normalized spacial score (nSPS) is 14.7. The smallest absolute Gasteiger partial charge is 0.258 e. The van der Waals surface area contributed by atoms with E-state index in [9.17, 15) is 4.79 Å². The fourth-order valence-corrected chi connectivity index (χ4v) is 5.54. The van der Waals surface area contributed by atoms with Crippen molar-refractivity contribution in [2.45, 2.75) is 34.1 Å². The highest BCUT2D eigenvalue weighted by molar-refractivity contribution is 6.39. The lowest BCUT2D eigenvalue weighted by Gasteiger charge is -2.34. The van der Waals surface area contributed by atoms with Crippen LogP contribution >= 0.6 is 23.2 Å². The second-order valence-corrected chi connectivity index (χ2v) is 10.8. The van der Waals surface area contributed by atoms with Crippen molar-refractivity contribution in [2.24, 2.45) is 0 Å². The molecule has 1 amide bonds. The number of carbonyl (C=O) groups excluding carboxylic acids is 1. The summed E-state index contributed by atoms with van der Waals surface area (Å²) in [5, 5.41) is 11.0. The van der Waals surface area contributed by atoms with Crippen molar-refractivity contribution in [1.82, 2.24) is 20.1 Å². The van der Waals surface area contributed by atoms with Crippen molar-refractivity contribution < 1.29 is 14.3 Å². The van der Waals surface area contributed by atoms with Gasteiger partial charge < -0.3 is 24.6 Å². The lowest BCUT2D eigenvalue weighted by atomic mass is 9.97. The zero-order chi connectivity index (χ0) is 30.4. The maximum Gasteiger partial charge on any atom is 0.258 e. The van der Waals surface area contributed by atoms with Gasteiger partial charge in [0.25, 0.3) is 5.91 Å². The van der Waals surface area contributed by atoms with E-state index in [0.717, 1.165) is 67.4 Å². The lowest BCUT2D eigenvalue weighted by molar-refractivity contribution is 0.102. The standard InChI is InChI=1S/C31H38Cl2N6O3/c1-7-19(3)22(27-28(32)24(41-5)17-25(42-6)29(27)33)10-11-23-20(4)36-37-30(23)35-31(40)21-9-12-26(34-18-21)39-15-13-38(8-2)14-16-39/h9-12,17-18H,7-8,13-16H2,1-6H3,(H2,35,36,37,40)/b11-10-,22-19+. The van der Waals surface area contributed by atoms with Crippen LogP contribution < -0.4 is 19.7 Å². The van der Waals surface area contributed by atoms with Gasteiger partial charge in [-0.15, -0.1) is 0 Å². The molecular formula is C31H38Cl2N6O3. The summed E-state index contributed by atoms with van der Waals surface area (Å²) < 4.78 is 11.0. The monoisotopic (exact) mass is 612 g/mol. The molecule has 2 aromatic heterocycles. The SMILES string of the molecule is CC/C(C)=C(\C=C/c1c(NC(=O)c2ccc(N3CCN(CC)CC3)nc2)n[nH]c1C)c1c(Cl)c(OC)cc(OC)c1Cl. The molecule has 0 unspecified atom stereocenters. The number of nitrogens with zero attached hydrogens (tertiary/aromatic N) is 4. The van der Waals surface area contributed by atoms with Crippen LogP contribution in [0, 0.1) is 6.92 Å². The first-order valence-corrected chi connectivity index (χ1v) is 14.8. The Bertz CT molecular complexity index is 1450. The van der Waals surface area contributed by atoms with Gasteiger partial charge in [-0.1, -0.05) is 48.7 Å². The molecule has 0 bridgehead atoms. The number of piperazine rings is 1. The molecule has 42 heavy (non-hydrogen) atoms. The Kier molecular flexibility index (Phi) is 10.5. The van der Waals surface area contributed by atoms with Gasteiger partial charge in [0.1, 0.15) is 17.3 Å². The van der Waals surface area contributed by atoms with Crippen molar-refractivity contribution in [1.29, 1.82) is 0 Å². The summed E-state index contributed by atoms with van der Waals surface area (Å²) in [5.74, 6) is 1.90. The number of hydrogen-bond donors (Lipinski definition) is 2. The van der Waals surface area contributed by atoms with Crippen LogP contribution in [0.15, 0.2) is 36.0 Å². The summed E-state index contributed by atoms with van der Waals surface area (Å²) in [6.07, 6.45) is 6.18. The molecule has 0 spiro atoms. The number of amides is 1. The molecule has 1 aromatic carbocycles. The van der Waals surface area contributed by atoms with Gasteiger partial charge in [0.05, 0.1) is 29.8 Å². The van der Waals surface area contributed by atoms with Crippen LogP contribution in [0.3, 0.4) is 0 Å². The third-order valence-corrected chi connectivity index (χ3v) is 8.38. The molecule has 1 fully saturated rings. The minimum atomic E-state index is -0.296. The van der Waals surface area contributed by atoms with E-state index in [0.29, 0.717) is 38.5 Å². The first kappa shape index (κ1) is 31.4. The number of pyridine rings is 1. The van der Waals surface area contributed by atoms with Gasteiger partial charge in [0, 0.05) is 55.3 Å². The van der Waals surface area contributed by atoms with Crippen LogP contribution in [0.4, 0.5) is 11.6 Å². The molecule has 3 heterocycles. The summed E-state index contributed by atoms with van der Waals surface area (Å²) in [6, 6.07) is 5.36. The summed E-state index contributed by atoms with van der Waals surface area (Å²) in [7, 11) is 3.09. The van der Waals surface area contributed by atoms with E-state index in [2.05, 4.69) is 44.1 Å². The minimum absolute atomic E-state index is 0.296. The highest BCUT2D eigenvalue weighted by atomic mass is 35.5. The fraction of sp³-hybridized carbons (Fsp3) is 0.387. The number of H-pyrrole nitrogens is 1. The number of carbonyl (C=O) groups is 1. The van der Waals surface area contributed by atoms with Gasteiger partial charge in [0.2, 0.25) is 0 Å². The number of rotatable bonds is 10. The maximum atomic E-state index is 13.2. The third-order valence-electron chi connectivity index (χ3n) is 7.63. The summed E-state index contributed by atoms with van der Waals surface area (Å²) >= 11 is 13.5. The predicted octanol–water partition coefficient (Wildman–Crippen LogP) is 6.73. The fourth-order valence-electron chi connectivity index (χ4n) is 4.84. The van der Waals surface area contributed by atoms with Crippen molar-refractivity contribution >= 4 is 52.4 Å². The number of anilines is 2. The zero-order valence-corrected chi connectivity index (χ0v) is 26.5. The quantitative estimate of drug-likeness (QED) is 0.245. The van der Waals surface area contributed by atoms with Crippen LogP contribution in [0.1, 0.15) is 54.4 Å². The molecule has 224 valence electrons. The molecule has 0 aliphatic carbocycles. The van der Waals surface area contributed by atoms with Crippen molar-refractivity contribution in [3.05, 3.63) is 68.5 Å². The van der Waals surface area contributed by atoms with Crippen LogP contribution in [-0.4, -0.2) is 72.9 Å². The number of aryl methyl sites for hydroxylation is 1. The number of ether oxygens (including phenoxy) is 2. The summed E-state index contributed by atoms with van der Waals surface area (Å²) in [5.41, 5.74) is 4.45. The molecule has 0 atom stereocenters. The molecule has 4 rings (SSSR count). The molecule has 1 saturated heterocycles. The maximum absolute atomic E-state index is 13.2. The molecule has 2 N–H and O–H groups in total. The highest BCUT2D eigenvalue weighted by Crippen LogP contribution is 2.45. The van der Waals surface area contributed by atoms with Gasteiger partial charge in [-0.25, -0.2) is 4.98 Å². The van der Waals surface area contributed by atoms with Crippen molar-refractivity contribution in [3.63, 3.8) is 0 Å². The first-order valence-electron chi connectivity index (χ1n) is 14.0. The second-order valence-electron chi connectivity index (χ2n) is 10.1. The largest absolute Gasteiger partial charge is 0.495 e. The zero-order valence-electron chi connectivity index (χ0n) is 25.0. The number of halogens is 2. The predicted molar refractivity (Wildman–Crippen MR) is 171 cm³/mol. The van der Waals surface area contributed by atoms with E-state index in [1.54, 1.807) is 32.5 Å². The number of aromatic amines is 1. The Balaban J connectivity index is 1.58. The Labute approximate surface area is 257 Å². The van der Waals surface area contributed by atoms with E-state index in [4.69, 9.17) is 32.7 Å². The Morgan fingerprint density at radius 1 is 1.10 bits per heavy atom. The van der Waals surface area contributed by atoms with Gasteiger partial charge in [-0.2, -0.15) is 5.10 Å². The molecule has 1 aliphatic heterocycles. The van der Waals surface area contributed by atoms with Gasteiger partial charge >= 0.3 is 0 Å². The molecule has 9 nitrogen and oxygen atoms in total. The third kappa shape index (κ3) is 6.75. The summed E-state index contributed by atoms with van der Waals surface area (Å²) in [6.45, 7) is 13.0. The number of allylic oxidation sites excluding steroid dienone is 3. The number of nitrogens with one attached hydrogen (secondary N) is 2. The Morgan fingerprint density at radius 2 is 1.76 bits per heavy atom. The highest BCUT2D eigenvalue weighted by Gasteiger charge is 2.22. The van der Waals surface area contributed by atoms with Crippen LogP contribution in [-0.2, 0) is 0 Å². The number of hydrogen-bond acceptors (Lipinski definition) is 7. The van der Waals surface area contributed by atoms with E-state index in [1.165, 1.54) is 0 Å². The average Bonchev–Trinajstić information content (AvgIpc) is 3.36. The van der Waals surface area contributed by atoms with Crippen LogP contribution in [0.5, 0.6) is 11.5 Å². The number of aromatic nitrogens is 3. The van der Waals surface area contributed by atoms with E-state index >= 15 is 0 Å². The molecular weight excluding hydrogens is 575 g/mol. The van der Waals surface area contributed by atoms with Gasteiger partial charge in [-0.3, -0.25) is 9.89 Å². The average molecular weight is 614 g/mol. The van der Waals surface area contributed by atoms with E-state index in [1.807, 2.05) is 32.1 Å². The molecule has 1 aliphatic rings. The number of benzene rings is 1. The molecule has 0 radical (unpaired) electrons. The Morgan fingerprint density at radius 3 is 2.31 bits per heavy atom. The lowest BCUT2D eigenvalue weighted by Crippen LogP contribution is -2.46. The van der Waals surface area contributed by atoms with Gasteiger partial charge in [0.15, 0.2) is 5.82 Å². The van der Waals surface area contributed by atoms with E-state index in [-0.39, 0.29) is 5.91 Å².